The summed E-state index contributed by atoms with van der Waals surface area (Å²) in [7, 11) is 0. The molecule has 0 aromatic carbocycles. The van der Waals surface area contributed by atoms with Gasteiger partial charge in [0, 0.05) is 6.54 Å². The van der Waals surface area contributed by atoms with Crippen LogP contribution in [0.2, 0.25) is 5.28 Å². The molecule has 0 amide bonds. The SMILES string of the molecule is Cc1nnc(Cl)n1CCC1CCC1. The Bertz CT molecular complexity index is 272. The Morgan fingerprint density at radius 1 is 1.46 bits per heavy atom. The molecule has 1 aromatic rings. The van der Waals surface area contributed by atoms with Crippen LogP contribution in [0.5, 0.6) is 0 Å². The minimum absolute atomic E-state index is 0.525. The summed E-state index contributed by atoms with van der Waals surface area (Å²) in [6.45, 7) is 2.92. The number of hydrogen-bond donors (Lipinski definition) is 0. The molecule has 0 radical (unpaired) electrons. The maximum absolute atomic E-state index is 5.88. The highest BCUT2D eigenvalue weighted by atomic mass is 35.5. The van der Waals surface area contributed by atoms with E-state index in [0.29, 0.717) is 5.28 Å². The Morgan fingerprint density at radius 2 is 2.23 bits per heavy atom. The van der Waals surface area contributed by atoms with Crippen LogP contribution in [0.1, 0.15) is 31.5 Å². The number of nitrogens with zero attached hydrogens (tertiary/aromatic N) is 3. The monoisotopic (exact) mass is 199 g/mol. The van der Waals surface area contributed by atoms with Crippen molar-refractivity contribution < 1.29 is 0 Å². The summed E-state index contributed by atoms with van der Waals surface area (Å²) < 4.78 is 1.99. The van der Waals surface area contributed by atoms with Crippen molar-refractivity contribution in [3.05, 3.63) is 11.1 Å². The lowest BCUT2D eigenvalue weighted by atomic mass is 9.83. The zero-order valence-electron chi connectivity index (χ0n) is 7.83. The van der Waals surface area contributed by atoms with Crippen molar-refractivity contribution in [1.29, 1.82) is 0 Å². The summed E-state index contributed by atoms with van der Waals surface area (Å²) in [5, 5.41) is 8.26. The van der Waals surface area contributed by atoms with Gasteiger partial charge in [-0.1, -0.05) is 19.3 Å². The molecule has 0 aliphatic heterocycles. The maximum atomic E-state index is 5.88. The van der Waals surface area contributed by atoms with Crippen LogP contribution in [0.15, 0.2) is 0 Å². The molecule has 1 fully saturated rings. The summed E-state index contributed by atoms with van der Waals surface area (Å²) >= 11 is 5.88. The van der Waals surface area contributed by atoms with Crippen molar-refractivity contribution in [2.75, 3.05) is 0 Å². The highest BCUT2D eigenvalue weighted by molar-refractivity contribution is 6.28. The fourth-order valence-corrected chi connectivity index (χ4v) is 1.95. The number of aromatic nitrogens is 3. The van der Waals surface area contributed by atoms with E-state index in [-0.39, 0.29) is 0 Å². The van der Waals surface area contributed by atoms with Gasteiger partial charge in [0.1, 0.15) is 5.82 Å². The van der Waals surface area contributed by atoms with Crippen molar-refractivity contribution in [1.82, 2.24) is 14.8 Å². The molecule has 1 heterocycles. The van der Waals surface area contributed by atoms with Gasteiger partial charge in [0.15, 0.2) is 0 Å². The second kappa shape index (κ2) is 3.66. The second-order valence-electron chi connectivity index (χ2n) is 3.75. The Balaban J connectivity index is 1.92. The molecule has 1 aliphatic carbocycles. The first kappa shape index (κ1) is 9.00. The number of aryl methyl sites for hydroxylation is 1. The third-order valence-corrected chi connectivity index (χ3v) is 3.16. The van der Waals surface area contributed by atoms with E-state index in [4.69, 9.17) is 11.6 Å². The van der Waals surface area contributed by atoms with E-state index >= 15 is 0 Å². The highest BCUT2D eigenvalue weighted by Crippen LogP contribution is 2.30. The van der Waals surface area contributed by atoms with Gasteiger partial charge in [-0.15, -0.1) is 10.2 Å². The fraction of sp³-hybridized carbons (Fsp3) is 0.778. The molecule has 0 bridgehead atoms. The summed E-state index contributed by atoms with van der Waals surface area (Å²) in [5.41, 5.74) is 0. The smallest absolute Gasteiger partial charge is 0.225 e. The van der Waals surface area contributed by atoms with E-state index in [1.165, 1.54) is 25.7 Å². The minimum Gasteiger partial charge on any atom is -0.302 e. The van der Waals surface area contributed by atoms with Crippen molar-refractivity contribution >= 4 is 11.6 Å². The van der Waals surface area contributed by atoms with E-state index in [0.717, 1.165) is 18.3 Å². The van der Waals surface area contributed by atoms with Gasteiger partial charge in [0.25, 0.3) is 0 Å². The molecule has 13 heavy (non-hydrogen) atoms. The first-order valence-corrected chi connectivity index (χ1v) is 5.20. The third-order valence-electron chi connectivity index (χ3n) is 2.88. The predicted octanol–water partition coefficient (Wildman–Crippen LogP) is 2.43. The molecular weight excluding hydrogens is 186 g/mol. The van der Waals surface area contributed by atoms with Gasteiger partial charge in [-0.2, -0.15) is 0 Å². The van der Waals surface area contributed by atoms with Gasteiger partial charge < -0.3 is 4.57 Å². The standard InChI is InChI=1S/C9H14ClN3/c1-7-11-12-9(10)13(7)6-5-8-3-2-4-8/h8H,2-6H2,1H3. The van der Waals surface area contributed by atoms with Crippen LogP contribution in [0.3, 0.4) is 0 Å². The van der Waals surface area contributed by atoms with Crippen molar-refractivity contribution in [2.24, 2.45) is 5.92 Å². The number of hydrogen-bond acceptors (Lipinski definition) is 2. The molecule has 1 aliphatic rings. The first-order valence-electron chi connectivity index (χ1n) is 4.82. The van der Waals surface area contributed by atoms with Crippen LogP contribution in [-0.4, -0.2) is 14.8 Å². The van der Waals surface area contributed by atoms with Gasteiger partial charge in [0.05, 0.1) is 0 Å². The lowest BCUT2D eigenvalue weighted by molar-refractivity contribution is 0.281. The molecule has 72 valence electrons. The lowest BCUT2D eigenvalue weighted by Crippen LogP contribution is -2.14. The van der Waals surface area contributed by atoms with Crippen LogP contribution in [-0.2, 0) is 6.54 Å². The average Bonchev–Trinajstić information content (AvgIpc) is 2.32. The summed E-state index contributed by atoms with van der Waals surface area (Å²) in [6, 6.07) is 0. The molecule has 0 spiro atoms. The summed E-state index contributed by atoms with van der Waals surface area (Å²) in [6.07, 6.45) is 5.40. The minimum atomic E-state index is 0.525. The molecule has 1 saturated carbocycles. The zero-order valence-corrected chi connectivity index (χ0v) is 8.59. The lowest BCUT2D eigenvalue weighted by Gasteiger charge is -2.25. The van der Waals surface area contributed by atoms with E-state index in [1.54, 1.807) is 0 Å². The van der Waals surface area contributed by atoms with Crippen molar-refractivity contribution in [3.8, 4) is 0 Å². The van der Waals surface area contributed by atoms with Gasteiger partial charge in [-0.05, 0) is 30.9 Å². The molecule has 0 saturated heterocycles. The van der Waals surface area contributed by atoms with Crippen LogP contribution < -0.4 is 0 Å². The van der Waals surface area contributed by atoms with E-state index in [1.807, 2.05) is 11.5 Å². The number of rotatable bonds is 3. The average molecular weight is 200 g/mol. The molecule has 4 heteroatoms. The van der Waals surface area contributed by atoms with Crippen molar-refractivity contribution in [2.45, 2.75) is 39.2 Å². The molecular formula is C9H14ClN3. The summed E-state index contributed by atoms with van der Waals surface area (Å²) in [4.78, 5) is 0. The van der Waals surface area contributed by atoms with Gasteiger partial charge >= 0.3 is 0 Å². The third kappa shape index (κ3) is 1.85. The molecule has 0 N–H and O–H groups in total. The first-order chi connectivity index (χ1) is 6.27. The second-order valence-corrected chi connectivity index (χ2v) is 4.09. The zero-order chi connectivity index (χ0) is 9.26. The van der Waals surface area contributed by atoms with E-state index in [2.05, 4.69) is 10.2 Å². The largest absolute Gasteiger partial charge is 0.302 e. The maximum Gasteiger partial charge on any atom is 0.225 e. The van der Waals surface area contributed by atoms with Gasteiger partial charge in [0.2, 0.25) is 5.28 Å². The Kier molecular flexibility index (Phi) is 2.54. The van der Waals surface area contributed by atoms with Gasteiger partial charge in [-0.25, -0.2) is 0 Å². The Labute approximate surface area is 83.1 Å². The fourth-order valence-electron chi connectivity index (χ4n) is 1.70. The topological polar surface area (TPSA) is 30.7 Å². The summed E-state index contributed by atoms with van der Waals surface area (Å²) in [5.74, 6) is 1.84. The predicted molar refractivity (Wildman–Crippen MR) is 51.7 cm³/mol. The molecule has 0 unspecified atom stereocenters. The quantitative estimate of drug-likeness (QED) is 0.749. The Morgan fingerprint density at radius 3 is 2.69 bits per heavy atom. The van der Waals surface area contributed by atoms with Crippen LogP contribution in [0.4, 0.5) is 0 Å². The normalized spacial score (nSPS) is 17.4. The number of halogens is 1. The van der Waals surface area contributed by atoms with Crippen LogP contribution >= 0.6 is 11.6 Å². The van der Waals surface area contributed by atoms with E-state index < -0.39 is 0 Å². The van der Waals surface area contributed by atoms with Crippen LogP contribution in [0.25, 0.3) is 0 Å². The highest BCUT2D eigenvalue weighted by Gasteiger charge is 2.17. The molecule has 2 rings (SSSR count). The van der Waals surface area contributed by atoms with Crippen molar-refractivity contribution in [3.63, 3.8) is 0 Å². The molecule has 0 atom stereocenters. The van der Waals surface area contributed by atoms with Crippen LogP contribution in [0, 0.1) is 12.8 Å². The molecule has 3 nitrogen and oxygen atoms in total. The van der Waals surface area contributed by atoms with Gasteiger partial charge in [-0.3, -0.25) is 0 Å². The Hall–Kier alpha value is -0.570. The molecule has 1 aromatic heterocycles. The van der Waals surface area contributed by atoms with E-state index in [9.17, 15) is 0 Å².